The molecular weight excluding hydrogens is 282 g/mol. The van der Waals surface area contributed by atoms with E-state index in [4.69, 9.17) is 23.1 Å². The van der Waals surface area contributed by atoms with Gasteiger partial charge < -0.3 is 16.4 Å². The summed E-state index contributed by atoms with van der Waals surface area (Å²) in [5.41, 5.74) is 12.8. The third-order valence-corrected chi connectivity index (χ3v) is 3.89. The fourth-order valence-corrected chi connectivity index (χ4v) is 2.86. The molecule has 2 rings (SSSR count). The second-order valence-corrected chi connectivity index (χ2v) is 6.01. The Morgan fingerprint density at radius 1 is 1.32 bits per heavy atom. The Kier molecular flexibility index (Phi) is 3.97. The number of nitrogens with zero attached hydrogens (tertiary/aromatic N) is 1. The minimum absolute atomic E-state index is 0.137. The Hall–Kier alpha value is -1.72. The van der Waals surface area contributed by atoms with Crippen molar-refractivity contribution in [3.63, 3.8) is 0 Å². The van der Waals surface area contributed by atoms with Crippen LogP contribution in [0.4, 0.5) is 11.4 Å². The predicted octanol–water partition coefficient (Wildman–Crippen LogP) is 2.84. The lowest BCUT2D eigenvalue weighted by molar-refractivity contribution is 0.0787. The van der Waals surface area contributed by atoms with Gasteiger partial charge in [0.1, 0.15) is 0 Å². The smallest absolute Gasteiger partial charge is 0.256 e. The van der Waals surface area contributed by atoms with Crippen LogP contribution in [-0.4, -0.2) is 17.9 Å². The number of rotatable bonds is 3. The van der Waals surface area contributed by atoms with Crippen LogP contribution in [0, 0.1) is 0 Å². The number of thiophene rings is 1. The van der Waals surface area contributed by atoms with Gasteiger partial charge in [-0.2, -0.15) is 0 Å². The minimum atomic E-state index is -0.137. The quantitative estimate of drug-likeness (QED) is 0.855. The zero-order valence-electron chi connectivity index (χ0n) is 10.4. The molecule has 0 fully saturated rings. The number of nitrogens with two attached hydrogens (primary N) is 2. The van der Waals surface area contributed by atoms with Crippen molar-refractivity contribution in [2.45, 2.75) is 6.54 Å². The highest BCUT2D eigenvalue weighted by Crippen LogP contribution is 2.23. The highest BCUT2D eigenvalue weighted by Gasteiger charge is 2.15. The number of carbonyl (C=O) groups is 1. The van der Waals surface area contributed by atoms with Crippen molar-refractivity contribution in [3.8, 4) is 0 Å². The maximum absolute atomic E-state index is 12.3. The van der Waals surface area contributed by atoms with E-state index in [0.29, 0.717) is 27.8 Å². The van der Waals surface area contributed by atoms with Gasteiger partial charge in [0.2, 0.25) is 0 Å². The number of hydrogen-bond donors (Lipinski definition) is 2. The van der Waals surface area contributed by atoms with Crippen molar-refractivity contribution in [3.05, 3.63) is 45.1 Å². The Labute approximate surface area is 120 Å². The molecule has 0 bridgehead atoms. The standard InChI is InChI=1S/C13H14ClN3OS/c1-17(7-9-3-5-12(14)19-9)13(18)10-4-2-8(15)6-11(10)16/h2-6H,7,15-16H2,1H3. The molecule has 1 aromatic carbocycles. The van der Waals surface area contributed by atoms with E-state index >= 15 is 0 Å². The SMILES string of the molecule is CN(Cc1ccc(Cl)s1)C(=O)c1ccc(N)cc1N. The van der Waals surface area contributed by atoms with Crippen LogP contribution in [0.5, 0.6) is 0 Å². The van der Waals surface area contributed by atoms with Crippen molar-refractivity contribution >= 4 is 40.2 Å². The average Bonchev–Trinajstić information content (AvgIpc) is 2.74. The highest BCUT2D eigenvalue weighted by molar-refractivity contribution is 7.16. The third-order valence-electron chi connectivity index (χ3n) is 2.67. The van der Waals surface area contributed by atoms with Gasteiger partial charge in [0.25, 0.3) is 5.91 Å². The van der Waals surface area contributed by atoms with Crippen molar-refractivity contribution in [2.24, 2.45) is 0 Å². The van der Waals surface area contributed by atoms with E-state index < -0.39 is 0 Å². The molecule has 0 spiro atoms. The molecule has 0 atom stereocenters. The average molecular weight is 296 g/mol. The summed E-state index contributed by atoms with van der Waals surface area (Å²) in [4.78, 5) is 14.9. The topological polar surface area (TPSA) is 72.3 Å². The summed E-state index contributed by atoms with van der Waals surface area (Å²) >= 11 is 7.32. The van der Waals surface area contributed by atoms with Crippen LogP contribution in [0.2, 0.25) is 4.34 Å². The lowest BCUT2D eigenvalue weighted by atomic mass is 10.1. The minimum Gasteiger partial charge on any atom is -0.399 e. The maximum Gasteiger partial charge on any atom is 0.256 e. The molecule has 0 saturated carbocycles. The molecule has 1 aromatic heterocycles. The first kappa shape index (κ1) is 13.7. The van der Waals surface area contributed by atoms with Crippen LogP contribution in [0.15, 0.2) is 30.3 Å². The monoisotopic (exact) mass is 295 g/mol. The number of carbonyl (C=O) groups excluding carboxylic acids is 1. The van der Waals surface area contributed by atoms with Crippen LogP contribution < -0.4 is 11.5 Å². The van der Waals surface area contributed by atoms with Gasteiger partial charge in [-0.3, -0.25) is 4.79 Å². The second-order valence-electron chi connectivity index (χ2n) is 4.21. The summed E-state index contributed by atoms with van der Waals surface area (Å²) < 4.78 is 0.711. The van der Waals surface area contributed by atoms with Crippen LogP contribution in [0.1, 0.15) is 15.2 Å². The lowest BCUT2D eigenvalue weighted by Gasteiger charge is -2.17. The van der Waals surface area contributed by atoms with Crippen LogP contribution >= 0.6 is 22.9 Å². The number of nitrogen functional groups attached to an aromatic ring is 2. The van der Waals surface area contributed by atoms with Gasteiger partial charge in [-0.05, 0) is 30.3 Å². The molecule has 2 aromatic rings. The van der Waals surface area contributed by atoms with Crippen molar-refractivity contribution in [2.75, 3.05) is 18.5 Å². The number of anilines is 2. The van der Waals surface area contributed by atoms with Crippen molar-refractivity contribution in [1.82, 2.24) is 4.90 Å². The summed E-state index contributed by atoms with van der Waals surface area (Å²) in [5.74, 6) is -0.137. The molecule has 1 amide bonds. The van der Waals surface area contributed by atoms with Crippen LogP contribution in [0.25, 0.3) is 0 Å². The van der Waals surface area contributed by atoms with Gasteiger partial charge in [-0.1, -0.05) is 11.6 Å². The number of benzene rings is 1. The van der Waals surface area contributed by atoms with Gasteiger partial charge in [0.05, 0.1) is 16.4 Å². The molecule has 0 saturated heterocycles. The summed E-state index contributed by atoms with van der Waals surface area (Å²) in [5, 5.41) is 0. The molecule has 0 aliphatic rings. The van der Waals surface area contributed by atoms with Gasteiger partial charge in [-0.15, -0.1) is 11.3 Å². The Bertz CT molecular complexity index is 612. The van der Waals surface area contributed by atoms with Crippen LogP contribution in [-0.2, 0) is 6.54 Å². The summed E-state index contributed by atoms with van der Waals surface area (Å²) in [6.45, 7) is 0.500. The number of halogens is 1. The Balaban J connectivity index is 2.14. The molecular formula is C13H14ClN3OS. The predicted molar refractivity (Wildman–Crippen MR) is 80.4 cm³/mol. The van der Waals surface area contributed by atoms with E-state index in [0.717, 1.165) is 4.88 Å². The van der Waals surface area contributed by atoms with Gasteiger partial charge in [0.15, 0.2) is 0 Å². The molecule has 100 valence electrons. The van der Waals surface area contributed by atoms with Gasteiger partial charge in [-0.25, -0.2) is 0 Å². The molecule has 19 heavy (non-hydrogen) atoms. The van der Waals surface area contributed by atoms with E-state index in [1.165, 1.54) is 11.3 Å². The molecule has 6 heteroatoms. The third kappa shape index (κ3) is 3.19. The Morgan fingerprint density at radius 3 is 2.63 bits per heavy atom. The fraction of sp³-hybridized carbons (Fsp3) is 0.154. The second kappa shape index (κ2) is 5.50. The normalized spacial score (nSPS) is 10.4. The van der Waals surface area contributed by atoms with Gasteiger partial charge in [0, 0.05) is 23.3 Å². The first-order valence-electron chi connectivity index (χ1n) is 5.62. The fourth-order valence-electron chi connectivity index (χ4n) is 1.72. The molecule has 0 unspecified atom stereocenters. The van der Waals surface area contributed by atoms with E-state index in [-0.39, 0.29) is 5.91 Å². The molecule has 0 aliphatic carbocycles. The maximum atomic E-state index is 12.3. The van der Waals surface area contributed by atoms with Crippen molar-refractivity contribution in [1.29, 1.82) is 0 Å². The van der Waals surface area contributed by atoms with Crippen LogP contribution in [0.3, 0.4) is 0 Å². The molecule has 1 heterocycles. The number of hydrogen-bond acceptors (Lipinski definition) is 4. The molecule has 0 radical (unpaired) electrons. The van der Waals surface area contributed by atoms with E-state index in [1.807, 2.05) is 12.1 Å². The molecule has 4 nitrogen and oxygen atoms in total. The summed E-state index contributed by atoms with van der Waals surface area (Å²) in [6.07, 6.45) is 0. The first-order valence-corrected chi connectivity index (χ1v) is 6.81. The van der Waals surface area contributed by atoms with Gasteiger partial charge >= 0.3 is 0 Å². The first-order chi connectivity index (χ1) is 8.97. The molecule has 4 N–H and O–H groups in total. The zero-order valence-corrected chi connectivity index (χ0v) is 12.0. The van der Waals surface area contributed by atoms with E-state index in [2.05, 4.69) is 0 Å². The summed E-state index contributed by atoms with van der Waals surface area (Å²) in [7, 11) is 1.73. The van der Waals surface area contributed by atoms with Crippen molar-refractivity contribution < 1.29 is 4.79 Å². The Morgan fingerprint density at radius 2 is 2.05 bits per heavy atom. The zero-order chi connectivity index (χ0) is 14.0. The summed E-state index contributed by atoms with van der Waals surface area (Å²) in [6, 6.07) is 8.62. The lowest BCUT2D eigenvalue weighted by Crippen LogP contribution is -2.26. The molecule has 0 aliphatic heterocycles. The largest absolute Gasteiger partial charge is 0.399 e. The number of amides is 1. The highest BCUT2D eigenvalue weighted by atomic mass is 35.5. The van der Waals surface area contributed by atoms with E-state index in [1.54, 1.807) is 30.1 Å². The van der Waals surface area contributed by atoms with E-state index in [9.17, 15) is 4.79 Å².